The lowest BCUT2D eigenvalue weighted by atomic mass is 10.1. The Morgan fingerprint density at radius 3 is 2.69 bits per heavy atom. The predicted molar refractivity (Wildman–Crippen MR) is 101 cm³/mol. The summed E-state index contributed by atoms with van der Waals surface area (Å²) in [5.41, 5.74) is 2.13. The van der Waals surface area contributed by atoms with Gasteiger partial charge in [0.15, 0.2) is 5.65 Å². The normalized spacial score (nSPS) is 11.4. The molecule has 3 heterocycles. The van der Waals surface area contributed by atoms with E-state index in [-0.39, 0.29) is 17.2 Å². The summed E-state index contributed by atoms with van der Waals surface area (Å²) in [4.78, 5) is 28.5. The highest BCUT2D eigenvalue weighted by Crippen LogP contribution is 2.19. The van der Waals surface area contributed by atoms with Crippen molar-refractivity contribution in [2.45, 2.75) is 26.3 Å². The first-order valence-electron chi connectivity index (χ1n) is 8.19. The number of aromatic nitrogens is 4. The second kappa shape index (κ2) is 6.55. The number of amides is 1. The van der Waals surface area contributed by atoms with Gasteiger partial charge in [-0.3, -0.25) is 10.2 Å². The summed E-state index contributed by atoms with van der Waals surface area (Å²) in [5, 5.41) is 14.3. The van der Waals surface area contributed by atoms with E-state index in [0.717, 1.165) is 0 Å². The van der Waals surface area contributed by atoms with Crippen molar-refractivity contribution in [2.24, 2.45) is 0 Å². The zero-order valence-corrected chi connectivity index (χ0v) is 15.1. The molecule has 8 heteroatoms. The highest BCUT2D eigenvalue weighted by Gasteiger charge is 2.21. The third kappa shape index (κ3) is 3.39. The van der Waals surface area contributed by atoms with E-state index < -0.39 is 0 Å². The minimum atomic E-state index is -0.365. The molecule has 0 saturated heterocycles. The molecular formula is C18H21N7O. The van der Waals surface area contributed by atoms with E-state index >= 15 is 0 Å². The number of rotatable bonds is 4. The van der Waals surface area contributed by atoms with Crippen molar-refractivity contribution in [1.29, 1.82) is 5.41 Å². The molecule has 0 spiro atoms. The summed E-state index contributed by atoms with van der Waals surface area (Å²) in [7, 11) is 1.75. The molecule has 0 atom stereocenters. The van der Waals surface area contributed by atoms with Crippen LogP contribution < -0.4 is 10.6 Å². The van der Waals surface area contributed by atoms with Crippen molar-refractivity contribution in [3.63, 3.8) is 0 Å². The number of fused-ring (bicyclic) bond motifs is 1. The Balaban J connectivity index is 2.02. The minimum absolute atomic E-state index is 0.181. The molecule has 26 heavy (non-hydrogen) atoms. The summed E-state index contributed by atoms with van der Waals surface area (Å²) in [5.74, 6) is 0.346. The zero-order valence-electron chi connectivity index (χ0n) is 15.1. The molecule has 0 unspecified atom stereocenters. The molecule has 0 aromatic carbocycles. The van der Waals surface area contributed by atoms with Gasteiger partial charge in [0.2, 0.25) is 0 Å². The van der Waals surface area contributed by atoms with Gasteiger partial charge in [0.25, 0.3) is 5.91 Å². The van der Waals surface area contributed by atoms with Crippen LogP contribution in [0.15, 0.2) is 30.7 Å². The van der Waals surface area contributed by atoms with Gasteiger partial charge in [0, 0.05) is 30.5 Å². The van der Waals surface area contributed by atoms with Crippen LogP contribution in [0.3, 0.4) is 0 Å². The smallest absolute Gasteiger partial charge is 0.255 e. The van der Waals surface area contributed by atoms with Crippen LogP contribution in [-0.2, 0) is 0 Å². The minimum Gasteiger partial charge on any atom is -0.373 e. The molecular weight excluding hydrogens is 330 g/mol. The Morgan fingerprint density at radius 2 is 2.00 bits per heavy atom. The van der Waals surface area contributed by atoms with Crippen molar-refractivity contribution in [2.75, 3.05) is 12.4 Å². The van der Waals surface area contributed by atoms with E-state index in [0.29, 0.717) is 33.8 Å². The van der Waals surface area contributed by atoms with E-state index in [4.69, 9.17) is 5.41 Å². The van der Waals surface area contributed by atoms with Crippen molar-refractivity contribution in [3.8, 4) is 0 Å². The molecule has 3 aromatic rings. The lowest BCUT2D eigenvalue weighted by Gasteiger charge is -2.20. The third-order valence-corrected chi connectivity index (χ3v) is 3.68. The summed E-state index contributed by atoms with van der Waals surface area (Å²) in [6, 6.07) is 3.55. The van der Waals surface area contributed by atoms with Crippen LogP contribution in [0, 0.1) is 5.41 Å². The fourth-order valence-corrected chi connectivity index (χ4v) is 2.54. The molecule has 0 fully saturated rings. The SMILES string of the molecule is CNc1ncccc1C(=N)c1cnc2[nH]cc(C(=O)NC(C)(C)C)c2n1. The van der Waals surface area contributed by atoms with Crippen LogP contribution >= 0.6 is 0 Å². The van der Waals surface area contributed by atoms with Crippen LogP contribution in [0.25, 0.3) is 11.2 Å². The number of hydrogen-bond donors (Lipinski definition) is 4. The van der Waals surface area contributed by atoms with E-state index in [1.165, 1.54) is 6.20 Å². The van der Waals surface area contributed by atoms with Crippen LogP contribution in [0.1, 0.15) is 42.4 Å². The van der Waals surface area contributed by atoms with Gasteiger partial charge in [-0.05, 0) is 32.9 Å². The molecule has 0 aliphatic carbocycles. The van der Waals surface area contributed by atoms with Crippen LogP contribution in [0.4, 0.5) is 5.82 Å². The predicted octanol–water partition coefficient (Wildman–Crippen LogP) is 2.34. The van der Waals surface area contributed by atoms with Crippen molar-refractivity contribution in [1.82, 2.24) is 25.3 Å². The van der Waals surface area contributed by atoms with Gasteiger partial charge in [-0.2, -0.15) is 0 Å². The monoisotopic (exact) mass is 351 g/mol. The fourth-order valence-electron chi connectivity index (χ4n) is 2.54. The van der Waals surface area contributed by atoms with Gasteiger partial charge in [-0.15, -0.1) is 0 Å². The maximum Gasteiger partial charge on any atom is 0.255 e. The number of nitrogens with zero attached hydrogens (tertiary/aromatic N) is 3. The zero-order chi connectivity index (χ0) is 18.9. The van der Waals surface area contributed by atoms with Crippen molar-refractivity contribution < 1.29 is 4.79 Å². The lowest BCUT2D eigenvalue weighted by molar-refractivity contribution is 0.0921. The van der Waals surface area contributed by atoms with Gasteiger partial charge >= 0.3 is 0 Å². The van der Waals surface area contributed by atoms with E-state index in [1.807, 2.05) is 20.8 Å². The highest BCUT2D eigenvalue weighted by atomic mass is 16.1. The molecule has 4 N–H and O–H groups in total. The largest absolute Gasteiger partial charge is 0.373 e. The number of aromatic amines is 1. The highest BCUT2D eigenvalue weighted by molar-refractivity contribution is 6.13. The summed E-state index contributed by atoms with van der Waals surface area (Å²) >= 11 is 0. The topological polar surface area (TPSA) is 119 Å². The average molecular weight is 351 g/mol. The van der Waals surface area contributed by atoms with Gasteiger partial charge in [-0.25, -0.2) is 15.0 Å². The fraction of sp³-hybridized carbons (Fsp3) is 0.278. The first-order chi connectivity index (χ1) is 12.3. The molecule has 134 valence electrons. The van der Waals surface area contributed by atoms with E-state index in [9.17, 15) is 4.79 Å². The number of H-pyrrole nitrogens is 1. The second-order valence-corrected chi connectivity index (χ2v) is 6.88. The molecule has 8 nitrogen and oxygen atoms in total. The molecule has 0 bridgehead atoms. The molecule has 3 aromatic heterocycles. The van der Waals surface area contributed by atoms with Gasteiger partial charge in [0.1, 0.15) is 17.0 Å². The first-order valence-corrected chi connectivity index (χ1v) is 8.19. The maximum absolute atomic E-state index is 12.5. The molecule has 1 amide bonds. The summed E-state index contributed by atoms with van der Waals surface area (Å²) in [6.45, 7) is 5.73. The van der Waals surface area contributed by atoms with Crippen LogP contribution in [0.5, 0.6) is 0 Å². The number of hydrogen-bond acceptors (Lipinski definition) is 6. The molecule has 0 aliphatic heterocycles. The van der Waals surface area contributed by atoms with Crippen LogP contribution in [0.2, 0.25) is 0 Å². The standard InChI is InChI=1S/C18H21N7O/c1-18(2,3)25-17(26)11-8-22-16-14(11)24-12(9-23-16)13(19)10-6-5-7-21-15(10)20-4/h5-9,19H,1-4H3,(H,20,21)(H,22,23)(H,25,26). The average Bonchev–Trinajstić information content (AvgIpc) is 3.02. The Morgan fingerprint density at radius 1 is 1.23 bits per heavy atom. The Bertz CT molecular complexity index is 985. The quantitative estimate of drug-likeness (QED) is 0.538. The molecule has 0 saturated carbocycles. The Hall–Kier alpha value is -3.29. The Kier molecular flexibility index (Phi) is 4.41. The number of pyridine rings is 1. The van der Waals surface area contributed by atoms with Crippen molar-refractivity contribution >= 4 is 28.6 Å². The van der Waals surface area contributed by atoms with Crippen molar-refractivity contribution in [3.05, 3.63) is 47.5 Å². The van der Waals surface area contributed by atoms with E-state index in [2.05, 4.69) is 30.6 Å². The Labute approximate surface area is 151 Å². The van der Waals surface area contributed by atoms with Gasteiger partial charge in [-0.1, -0.05) is 0 Å². The lowest BCUT2D eigenvalue weighted by Crippen LogP contribution is -2.40. The number of anilines is 1. The van der Waals surface area contributed by atoms with Gasteiger partial charge < -0.3 is 15.6 Å². The number of carbonyl (C=O) groups is 1. The molecule has 0 radical (unpaired) electrons. The van der Waals surface area contributed by atoms with E-state index in [1.54, 1.807) is 31.6 Å². The third-order valence-electron chi connectivity index (χ3n) is 3.68. The number of carbonyl (C=O) groups excluding carboxylic acids is 1. The summed E-state index contributed by atoms with van der Waals surface area (Å²) in [6.07, 6.45) is 4.75. The van der Waals surface area contributed by atoms with Crippen LogP contribution in [-0.4, -0.2) is 44.1 Å². The summed E-state index contributed by atoms with van der Waals surface area (Å²) < 4.78 is 0. The second-order valence-electron chi connectivity index (χ2n) is 6.88. The maximum atomic E-state index is 12.5. The first kappa shape index (κ1) is 17.5. The molecule has 3 rings (SSSR count). The van der Waals surface area contributed by atoms with Gasteiger partial charge in [0.05, 0.1) is 17.5 Å². The number of nitrogens with one attached hydrogen (secondary N) is 4. The molecule has 0 aliphatic rings.